The molecule has 0 spiro atoms. The van der Waals surface area contributed by atoms with Crippen LogP contribution in [0, 0.1) is 5.41 Å². The molecule has 0 saturated heterocycles. The van der Waals surface area contributed by atoms with Crippen LogP contribution in [0.1, 0.15) is 24.6 Å². The van der Waals surface area contributed by atoms with E-state index in [9.17, 15) is 0 Å². The highest BCUT2D eigenvalue weighted by Gasteiger charge is 2.11. The molecule has 0 saturated carbocycles. The molecule has 2 aromatic heterocycles. The standard InChI is InChI=1S/C12H16N6/c1-2-3-10-11(6-9(14)4-5-13)16-8-18-12(10)15-7-17-18/h4-5,7-8,13H,2-3,6,14H2,1H3/b9-4-,13-5?. The van der Waals surface area contributed by atoms with Gasteiger partial charge in [0.1, 0.15) is 12.7 Å². The monoisotopic (exact) mass is 244 g/mol. The van der Waals surface area contributed by atoms with Crippen molar-refractivity contribution < 1.29 is 0 Å². The van der Waals surface area contributed by atoms with Crippen molar-refractivity contribution in [2.75, 3.05) is 0 Å². The molecule has 18 heavy (non-hydrogen) atoms. The third-order valence-corrected chi connectivity index (χ3v) is 2.68. The smallest absolute Gasteiger partial charge is 0.162 e. The van der Waals surface area contributed by atoms with Crippen molar-refractivity contribution in [1.82, 2.24) is 19.6 Å². The van der Waals surface area contributed by atoms with Gasteiger partial charge in [-0.25, -0.2) is 14.5 Å². The molecule has 94 valence electrons. The van der Waals surface area contributed by atoms with Crippen molar-refractivity contribution in [2.24, 2.45) is 5.73 Å². The lowest BCUT2D eigenvalue weighted by Crippen LogP contribution is -2.09. The van der Waals surface area contributed by atoms with E-state index >= 15 is 0 Å². The first kappa shape index (κ1) is 12.2. The van der Waals surface area contributed by atoms with E-state index in [1.54, 1.807) is 16.9 Å². The Morgan fingerprint density at radius 3 is 3.06 bits per heavy atom. The molecule has 2 aromatic rings. The average Bonchev–Trinajstić information content (AvgIpc) is 2.81. The van der Waals surface area contributed by atoms with Crippen LogP contribution in [0.3, 0.4) is 0 Å². The Balaban J connectivity index is 2.45. The first-order valence-corrected chi connectivity index (χ1v) is 5.87. The Morgan fingerprint density at radius 1 is 1.50 bits per heavy atom. The third-order valence-electron chi connectivity index (χ3n) is 2.68. The second-order valence-corrected chi connectivity index (χ2v) is 4.03. The maximum absolute atomic E-state index is 7.01. The highest BCUT2D eigenvalue weighted by Crippen LogP contribution is 2.15. The summed E-state index contributed by atoms with van der Waals surface area (Å²) in [5.74, 6) is 0. The SMILES string of the molecule is CCCc1c(C/C(N)=C/C=N)ncn2ncnc12. The number of nitrogens with two attached hydrogens (primary N) is 1. The lowest BCUT2D eigenvalue weighted by atomic mass is 10.1. The van der Waals surface area contributed by atoms with E-state index in [4.69, 9.17) is 11.1 Å². The van der Waals surface area contributed by atoms with Crippen LogP contribution in [0.25, 0.3) is 5.65 Å². The van der Waals surface area contributed by atoms with E-state index in [0.29, 0.717) is 12.1 Å². The largest absolute Gasteiger partial charge is 0.402 e. The van der Waals surface area contributed by atoms with Gasteiger partial charge in [0.25, 0.3) is 0 Å². The van der Waals surface area contributed by atoms with Crippen LogP contribution in [0.2, 0.25) is 0 Å². The molecule has 0 fully saturated rings. The molecule has 0 unspecified atom stereocenters. The molecule has 0 atom stereocenters. The molecule has 0 aromatic carbocycles. The Bertz CT molecular complexity index is 583. The van der Waals surface area contributed by atoms with Crippen LogP contribution in [-0.2, 0) is 12.8 Å². The van der Waals surface area contributed by atoms with Crippen molar-refractivity contribution in [2.45, 2.75) is 26.2 Å². The van der Waals surface area contributed by atoms with Crippen LogP contribution in [-0.4, -0.2) is 25.8 Å². The van der Waals surface area contributed by atoms with Gasteiger partial charge in [0.05, 0.1) is 5.69 Å². The van der Waals surface area contributed by atoms with Crippen LogP contribution < -0.4 is 5.73 Å². The van der Waals surface area contributed by atoms with Crippen LogP contribution in [0.5, 0.6) is 0 Å². The van der Waals surface area contributed by atoms with Crippen molar-refractivity contribution in [1.29, 1.82) is 5.41 Å². The molecule has 0 aliphatic rings. The van der Waals surface area contributed by atoms with Gasteiger partial charge < -0.3 is 11.1 Å². The summed E-state index contributed by atoms with van der Waals surface area (Å²) in [5, 5.41) is 11.1. The van der Waals surface area contributed by atoms with Crippen LogP contribution in [0.15, 0.2) is 24.4 Å². The predicted octanol–water partition coefficient (Wildman–Crippen LogP) is 1.11. The summed E-state index contributed by atoms with van der Waals surface area (Å²) in [4.78, 5) is 8.64. The maximum atomic E-state index is 7.01. The summed E-state index contributed by atoms with van der Waals surface area (Å²) >= 11 is 0. The van der Waals surface area contributed by atoms with Gasteiger partial charge in [0.15, 0.2) is 5.65 Å². The molecule has 0 aliphatic heterocycles. The Labute approximate surface area is 105 Å². The normalized spacial score (nSPS) is 11.9. The number of nitrogens with zero attached hydrogens (tertiary/aromatic N) is 4. The lowest BCUT2D eigenvalue weighted by molar-refractivity contribution is 0.833. The molecule has 6 nitrogen and oxygen atoms in total. The Kier molecular flexibility index (Phi) is 3.66. The molecule has 6 heteroatoms. The molecular formula is C12H16N6. The molecular weight excluding hydrogens is 228 g/mol. The van der Waals surface area contributed by atoms with Crippen molar-refractivity contribution in [3.8, 4) is 0 Å². The first-order chi connectivity index (χ1) is 8.76. The van der Waals surface area contributed by atoms with Gasteiger partial charge in [-0.05, 0) is 12.5 Å². The third kappa shape index (κ3) is 2.37. The molecule has 0 bridgehead atoms. The molecule has 0 radical (unpaired) electrons. The lowest BCUT2D eigenvalue weighted by Gasteiger charge is -2.08. The number of nitrogens with one attached hydrogen (secondary N) is 1. The molecule has 2 rings (SSSR count). The minimum Gasteiger partial charge on any atom is -0.402 e. The van der Waals surface area contributed by atoms with E-state index in [1.165, 1.54) is 12.5 Å². The van der Waals surface area contributed by atoms with Crippen LogP contribution in [0.4, 0.5) is 0 Å². The molecule has 0 aliphatic carbocycles. The van der Waals surface area contributed by atoms with Gasteiger partial charge in [0, 0.05) is 23.9 Å². The van der Waals surface area contributed by atoms with Gasteiger partial charge in [-0.2, -0.15) is 5.10 Å². The summed E-state index contributed by atoms with van der Waals surface area (Å²) < 4.78 is 1.67. The van der Waals surface area contributed by atoms with Crippen molar-refractivity contribution >= 4 is 11.9 Å². The van der Waals surface area contributed by atoms with Crippen molar-refractivity contribution in [3.63, 3.8) is 0 Å². The van der Waals surface area contributed by atoms with Gasteiger partial charge in [-0.15, -0.1) is 0 Å². The van der Waals surface area contributed by atoms with Gasteiger partial charge in [-0.1, -0.05) is 13.3 Å². The Hall–Kier alpha value is -2.24. The zero-order valence-electron chi connectivity index (χ0n) is 10.3. The fourth-order valence-electron chi connectivity index (χ4n) is 1.90. The van der Waals surface area contributed by atoms with E-state index in [-0.39, 0.29) is 0 Å². The van der Waals surface area contributed by atoms with Gasteiger partial charge in [0.2, 0.25) is 0 Å². The van der Waals surface area contributed by atoms with E-state index in [0.717, 1.165) is 29.7 Å². The fourth-order valence-corrected chi connectivity index (χ4v) is 1.90. The Morgan fingerprint density at radius 2 is 2.33 bits per heavy atom. The highest BCUT2D eigenvalue weighted by molar-refractivity contribution is 5.68. The highest BCUT2D eigenvalue weighted by atomic mass is 15.3. The number of aromatic nitrogens is 4. The molecule has 0 amide bonds. The fraction of sp³-hybridized carbons (Fsp3) is 0.333. The van der Waals surface area contributed by atoms with E-state index < -0.39 is 0 Å². The van der Waals surface area contributed by atoms with E-state index in [1.807, 2.05) is 0 Å². The summed E-state index contributed by atoms with van der Waals surface area (Å²) in [6.07, 6.45) is 8.37. The first-order valence-electron chi connectivity index (χ1n) is 5.87. The second-order valence-electron chi connectivity index (χ2n) is 4.03. The second kappa shape index (κ2) is 5.39. The number of aryl methyl sites for hydroxylation is 1. The summed E-state index contributed by atoms with van der Waals surface area (Å²) in [7, 11) is 0. The average molecular weight is 244 g/mol. The van der Waals surface area contributed by atoms with Crippen LogP contribution >= 0.6 is 0 Å². The zero-order valence-corrected chi connectivity index (χ0v) is 10.3. The van der Waals surface area contributed by atoms with Gasteiger partial charge in [-0.3, -0.25) is 0 Å². The number of rotatable bonds is 5. The van der Waals surface area contributed by atoms with Gasteiger partial charge >= 0.3 is 0 Å². The molecule has 2 heterocycles. The minimum atomic E-state index is 0.536. The van der Waals surface area contributed by atoms with Crippen molar-refractivity contribution in [3.05, 3.63) is 35.7 Å². The zero-order chi connectivity index (χ0) is 13.0. The summed E-state index contributed by atoms with van der Waals surface area (Å²) in [5.41, 5.74) is 9.28. The molecule has 3 N–H and O–H groups in total. The topological polar surface area (TPSA) is 93.0 Å². The predicted molar refractivity (Wildman–Crippen MR) is 69.5 cm³/mol. The summed E-state index contributed by atoms with van der Waals surface area (Å²) in [6.45, 7) is 2.11. The minimum absolute atomic E-state index is 0.536. The summed E-state index contributed by atoms with van der Waals surface area (Å²) in [6, 6.07) is 0. The number of allylic oxidation sites excluding steroid dienone is 2. The number of fused-ring (bicyclic) bond motifs is 1. The number of hydrogen-bond acceptors (Lipinski definition) is 5. The maximum Gasteiger partial charge on any atom is 0.162 e. The van der Waals surface area contributed by atoms with E-state index in [2.05, 4.69) is 22.0 Å². The number of hydrogen-bond donors (Lipinski definition) is 2. The quantitative estimate of drug-likeness (QED) is 0.770.